The molecule has 0 fully saturated rings. The van der Waals surface area contributed by atoms with Crippen LogP contribution in [0.2, 0.25) is 0 Å². The second-order valence-corrected chi connectivity index (χ2v) is 11.1. The first kappa shape index (κ1) is 28.8. The maximum Gasteiger partial charge on any atom is 0.416 e. The molecule has 0 saturated carbocycles. The molecule has 8 nitrogen and oxygen atoms in total. The molecule has 3 rings (SSSR count). The SMILES string of the molecule is CC(=O)Nc1ccc(S(=O)(=O)Nc2ccc(S(=O)(=O)Nc3cc(C(F)(F)F)cc(C(F)(F)F)c3)cc2)cc1. The summed E-state index contributed by atoms with van der Waals surface area (Å²) in [7, 11) is -8.80. The number of benzene rings is 3. The van der Waals surface area contributed by atoms with Gasteiger partial charge in [0.15, 0.2) is 0 Å². The number of carbonyl (C=O) groups excluding carboxylic acids is 1. The monoisotopic (exact) mass is 581 g/mol. The highest BCUT2D eigenvalue weighted by molar-refractivity contribution is 7.93. The van der Waals surface area contributed by atoms with Gasteiger partial charge in [0, 0.05) is 18.3 Å². The Hall–Kier alpha value is -3.79. The lowest BCUT2D eigenvalue weighted by atomic mass is 10.1. The standard InChI is InChI=1S/C22H17F6N3O5S2/c1-13(32)29-16-2-6-19(7-3-16)37(33,34)30-17-4-8-20(9-5-17)38(35,36)31-18-11-14(21(23,24)25)10-15(12-18)22(26,27)28/h2-12,30-31H,1H3,(H,29,32). The van der Waals surface area contributed by atoms with E-state index in [0.29, 0.717) is 5.69 Å². The largest absolute Gasteiger partial charge is 0.416 e. The van der Waals surface area contributed by atoms with E-state index in [1.807, 2.05) is 0 Å². The first-order valence-electron chi connectivity index (χ1n) is 10.2. The number of amides is 1. The molecule has 0 radical (unpaired) electrons. The summed E-state index contributed by atoms with van der Waals surface area (Å²) < 4.78 is 133. The summed E-state index contributed by atoms with van der Waals surface area (Å²) in [6, 6.07) is 9.25. The predicted octanol–water partition coefficient (Wildman–Crippen LogP) is 5.28. The van der Waals surface area contributed by atoms with Crippen molar-refractivity contribution in [3.8, 4) is 0 Å². The molecular weight excluding hydrogens is 564 g/mol. The Labute approximate surface area is 212 Å². The molecule has 0 aliphatic carbocycles. The van der Waals surface area contributed by atoms with Gasteiger partial charge in [-0.25, -0.2) is 16.8 Å². The van der Waals surface area contributed by atoms with Gasteiger partial charge in [0.2, 0.25) is 5.91 Å². The molecule has 0 spiro atoms. The van der Waals surface area contributed by atoms with Gasteiger partial charge in [-0.3, -0.25) is 14.2 Å². The molecular formula is C22H17F6N3O5S2. The number of hydrogen-bond donors (Lipinski definition) is 3. The molecule has 3 aromatic carbocycles. The van der Waals surface area contributed by atoms with Crippen LogP contribution in [0.25, 0.3) is 0 Å². The molecule has 204 valence electrons. The number of sulfonamides is 2. The fourth-order valence-electron chi connectivity index (χ4n) is 3.06. The van der Waals surface area contributed by atoms with Crippen molar-refractivity contribution >= 4 is 43.0 Å². The molecule has 0 saturated heterocycles. The minimum atomic E-state index is -5.18. The molecule has 0 aliphatic heterocycles. The molecule has 3 aromatic rings. The number of nitrogens with one attached hydrogen (secondary N) is 3. The van der Waals surface area contributed by atoms with E-state index in [4.69, 9.17) is 0 Å². The minimum Gasteiger partial charge on any atom is -0.326 e. The summed E-state index contributed by atoms with van der Waals surface area (Å²) in [5.41, 5.74) is -4.13. The van der Waals surface area contributed by atoms with Crippen molar-refractivity contribution in [2.45, 2.75) is 29.1 Å². The van der Waals surface area contributed by atoms with Crippen LogP contribution in [0.4, 0.5) is 43.4 Å². The van der Waals surface area contributed by atoms with Gasteiger partial charge in [0.1, 0.15) is 0 Å². The summed E-state index contributed by atoms with van der Waals surface area (Å²) in [4.78, 5) is 10.3. The summed E-state index contributed by atoms with van der Waals surface area (Å²) >= 11 is 0. The third-order valence-corrected chi connectivity index (χ3v) is 7.54. The van der Waals surface area contributed by atoms with E-state index in [9.17, 15) is 48.0 Å². The predicted molar refractivity (Wildman–Crippen MR) is 125 cm³/mol. The van der Waals surface area contributed by atoms with Crippen LogP contribution in [0.5, 0.6) is 0 Å². The Morgan fingerprint density at radius 2 is 0.974 bits per heavy atom. The summed E-state index contributed by atoms with van der Waals surface area (Å²) in [5, 5.41) is 2.46. The van der Waals surface area contributed by atoms with Gasteiger partial charge in [0.05, 0.1) is 26.6 Å². The molecule has 0 atom stereocenters. The highest BCUT2D eigenvalue weighted by atomic mass is 32.2. The molecule has 3 N–H and O–H groups in total. The van der Waals surface area contributed by atoms with E-state index in [1.165, 1.54) is 31.2 Å². The zero-order valence-electron chi connectivity index (χ0n) is 19.0. The van der Waals surface area contributed by atoms with Crippen molar-refractivity contribution in [1.82, 2.24) is 0 Å². The van der Waals surface area contributed by atoms with Gasteiger partial charge < -0.3 is 5.32 Å². The van der Waals surface area contributed by atoms with Crippen molar-refractivity contribution < 1.29 is 48.0 Å². The topological polar surface area (TPSA) is 121 Å². The molecule has 0 heterocycles. The van der Waals surface area contributed by atoms with E-state index in [0.717, 1.165) is 24.3 Å². The molecule has 38 heavy (non-hydrogen) atoms. The van der Waals surface area contributed by atoms with Crippen LogP contribution in [0.1, 0.15) is 18.1 Å². The number of anilines is 3. The maximum atomic E-state index is 13.0. The van der Waals surface area contributed by atoms with Crippen LogP contribution in [0.15, 0.2) is 76.5 Å². The Balaban J connectivity index is 1.82. The molecule has 16 heteroatoms. The first-order valence-corrected chi connectivity index (χ1v) is 13.2. The van der Waals surface area contributed by atoms with Gasteiger partial charge in [-0.1, -0.05) is 0 Å². The number of hydrogen-bond acceptors (Lipinski definition) is 5. The molecule has 1 amide bonds. The highest BCUT2D eigenvalue weighted by Crippen LogP contribution is 2.38. The molecule has 0 aliphatic rings. The van der Waals surface area contributed by atoms with E-state index in [-0.39, 0.29) is 34.7 Å². The second-order valence-electron chi connectivity index (χ2n) is 7.74. The number of carbonyl (C=O) groups is 1. The quantitative estimate of drug-likeness (QED) is 0.328. The Morgan fingerprint density at radius 3 is 1.34 bits per heavy atom. The average Bonchev–Trinajstić information content (AvgIpc) is 2.77. The summed E-state index contributed by atoms with van der Waals surface area (Å²) in [6.07, 6.45) is -10.4. The van der Waals surface area contributed by atoms with E-state index in [2.05, 4.69) is 10.0 Å². The summed E-state index contributed by atoms with van der Waals surface area (Å²) in [5.74, 6) is -0.364. The van der Waals surface area contributed by atoms with Gasteiger partial charge >= 0.3 is 12.4 Å². The number of rotatable bonds is 7. The Bertz CT molecular complexity index is 1520. The van der Waals surface area contributed by atoms with Gasteiger partial charge in [-0.15, -0.1) is 0 Å². The zero-order valence-corrected chi connectivity index (χ0v) is 20.6. The smallest absolute Gasteiger partial charge is 0.326 e. The fraction of sp³-hybridized carbons (Fsp3) is 0.136. The second kappa shape index (κ2) is 10.2. The zero-order chi connectivity index (χ0) is 28.5. The Morgan fingerprint density at radius 1 is 0.605 bits per heavy atom. The van der Waals surface area contributed by atoms with Crippen LogP contribution < -0.4 is 14.8 Å². The van der Waals surface area contributed by atoms with E-state index in [1.54, 1.807) is 4.72 Å². The van der Waals surface area contributed by atoms with Crippen molar-refractivity contribution in [2.24, 2.45) is 0 Å². The van der Waals surface area contributed by atoms with Crippen molar-refractivity contribution in [3.05, 3.63) is 77.9 Å². The summed E-state index contributed by atoms with van der Waals surface area (Å²) in [6.45, 7) is 1.27. The van der Waals surface area contributed by atoms with Gasteiger partial charge in [-0.05, 0) is 66.7 Å². The normalized spacial score (nSPS) is 12.6. The van der Waals surface area contributed by atoms with Crippen LogP contribution in [0, 0.1) is 0 Å². The Kier molecular flexibility index (Phi) is 7.70. The first-order chi connectivity index (χ1) is 17.4. The molecule has 0 bridgehead atoms. The minimum absolute atomic E-state index is 0.0895. The lowest BCUT2D eigenvalue weighted by Crippen LogP contribution is -2.17. The number of alkyl halides is 6. The highest BCUT2D eigenvalue weighted by Gasteiger charge is 2.37. The lowest BCUT2D eigenvalue weighted by molar-refractivity contribution is -0.143. The molecule has 0 unspecified atom stereocenters. The average molecular weight is 582 g/mol. The van der Waals surface area contributed by atoms with Crippen molar-refractivity contribution in [1.29, 1.82) is 0 Å². The third-order valence-electron chi connectivity index (χ3n) is 4.74. The van der Waals surface area contributed by atoms with Crippen LogP contribution >= 0.6 is 0 Å². The van der Waals surface area contributed by atoms with Crippen LogP contribution in [-0.2, 0) is 37.2 Å². The maximum absolute atomic E-state index is 13.0. The molecule has 0 aromatic heterocycles. The third kappa shape index (κ3) is 7.16. The van der Waals surface area contributed by atoms with Crippen molar-refractivity contribution in [3.63, 3.8) is 0 Å². The van der Waals surface area contributed by atoms with Gasteiger partial charge in [0.25, 0.3) is 20.0 Å². The van der Waals surface area contributed by atoms with Crippen molar-refractivity contribution in [2.75, 3.05) is 14.8 Å². The van der Waals surface area contributed by atoms with Gasteiger partial charge in [-0.2, -0.15) is 26.3 Å². The van der Waals surface area contributed by atoms with E-state index >= 15 is 0 Å². The van der Waals surface area contributed by atoms with Crippen LogP contribution in [0.3, 0.4) is 0 Å². The van der Waals surface area contributed by atoms with E-state index < -0.39 is 54.1 Å². The fourth-order valence-corrected chi connectivity index (χ4v) is 5.16. The lowest BCUT2D eigenvalue weighted by Gasteiger charge is -2.15. The number of halogens is 6. The van der Waals surface area contributed by atoms with Crippen LogP contribution in [-0.4, -0.2) is 22.7 Å².